The zero-order valence-electron chi connectivity index (χ0n) is 11.6. The monoisotopic (exact) mass is 279 g/mol. The van der Waals surface area contributed by atoms with Crippen LogP contribution in [0.4, 0.5) is 0 Å². The molecule has 2 aliphatic rings. The first kappa shape index (κ1) is 13.2. The molecule has 4 nitrogen and oxygen atoms in total. The number of H-pyrrole nitrogens is 1. The third-order valence-electron chi connectivity index (χ3n) is 4.30. The molecular formula is C14H21N3OS. The lowest BCUT2D eigenvalue weighted by atomic mass is 10.1. The van der Waals surface area contributed by atoms with Gasteiger partial charge in [0.2, 0.25) is 0 Å². The van der Waals surface area contributed by atoms with Crippen molar-refractivity contribution in [2.24, 2.45) is 0 Å². The van der Waals surface area contributed by atoms with E-state index in [1.807, 2.05) is 0 Å². The lowest BCUT2D eigenvalue weighted by Crippen LogP contribution is -2.42. The molecule has 1 N–H and O–H groups in total. The van der Waals surface area contributed by atoms with Crippen molar-refractivity contribution in [3.63, 3.8) is 0 Å². The van der Waals surface area contributed by atoms with Crippen LogP contribution in [0.1, 0.15) is 43.0 Å². The molecule has 0 amide bonds. The maximum atomic E-state index is 5.98. The lowest BCUT2D eigenvalue weighted by Gasteiger charge is -2.34. The Morgan fingerprint density at radius 3 is 3.11 bits per heavy atom. The molecule has 2 aliphatic heterocycles. The highest BCUT2D eigenvalue weighted by atomic mass is 32.1. The molecule has 0 aromatic carbocycles. The molecule has 0 bridgehead atoms. The molecule has 0 aliphatic carbocycles. The average Bonchev–Trinajstić information content (AvgIpc) is 2.85. The van der Waals surface area contributed by atoms with Gasteiger partial charge in [0.25, 0.3) is 0 Å². The summed E-state index contributed by atoms with van der Waals surface area (Å²) in [5, 5.41) is 0. The van der Waals surface area contributed by atoms with Crippen molar-refractivity contribution in [1.29, 1.82) is 0 Å². The van der Waals surface area contributed by atoms with Gasteiger partial charge in [0.15, 0.2) is 0 Å². The summed E-state index contributed by atoms with van der Waals surface area (Å²) in [6, 6.07) is 0.621. The summed E-state index contributed by atoms with van der Waals surface area (Å²) in [6.45, 7) is 7.13. The number of fused-ring (bicyclic) bond motifs is 1. The van der Waals surface area contributed by atoms with E-state index in [9.17, 15) is 0 Å². The largest absolute Gasteiger partial charge is 0.367 e. The molecule has 2 saturated heterocycles. The van der Waals surface area contributed by atoms with Crippen LogP contribution in [0.3, 0.4) is 0 Å². The van der Waals surface area contributed by atoms with Gasteiger partial charge in [-0.3, -0.25) is 4.90 Å². The van der Waals surface area contributed by atoms with Gasteiger partial charge in [-0.25, -0.2) is 4.98 Å². The van der Waals surface area contributed by atoms with E-state index in [4.69, 9.17) is 17.0 Å². The summed E-state index contributed by atoms with van der Waals surface area (Å²) < 4.78 is 6.70. The van der Waals surface area contributed by atoms with Crippen molar-refractivity contribution in [3.05, 3.63) is 21.7 Å². The molecule has 3 rings (SSSR count). The molecule has 19 heavy (non-hydrogen) atoms. The van der Waals surface area contributed by atoms with Crippen LogP contribution in [-0.2, 0) is 11.2 Å². The first-order chi connectivity index (χ1) is 9.19. The standard InChI is InChI=1S/C14H21N3OS/c1-3-11-9(2)15-13(16-14(11)19)12-7-17-6-4-5-10(17)8-18-12/h10,12H,3-8H2,1-2H3,(H,15,16,19). The molecular weight excluding hydrogens is 258 g/mol. The second-order valence-electron chi connectivity index (χ2n) is 5.50. The minimum atomic E-state index is 0.0423. The van der Waals surface area contributed by atoms with E-state index in [0.717, 1.165) is 41.3 Å². The highest BCUT2D eigenvalue weighted by Crippen LogP contribution is 2.28. The van der Waals surface area contributed by atoms with E-state index >= 15 is 0 Å². The van der Waals surface area contributed by atoms with Crippen LogP contribution in [0.2, 0.25) is 0 Å². The first-order valence-electron chi connectivity index (χ1n) is 7.14. The Balaban J connectivity index is 1.84. The van der Waals surface area contributed by atoms with Crippen LogP contribution >= 0.6 is 12.2 Å². The molecule has 2 atom stereocenters. The summed E-state index contributed by atoms with van der Waals surface area (Å²) in [7, 11) is 0. The highest BCUT2D eigenvalue weighted by Gasteiger charge is 2.33. The molecule has 3 heterocycles. The maximum Gasteiger partial charge on any atom is 0.138 e. The average molecular weight is 279 g/mol. The number of rotatable bonds is 2. The number of aromatic nitrogens is 2. The molecule has 0 saturated carbocycles. The van der Waals surface area contributed by atoms with Crippen molar-refractivity contribution in [1.82, 2.24) is 14.9 Å². The quantitative estimate of drug-likeness (QED) is 0.845. The van der Waals surface area contributed by atoms with Crippen molar-refractivity contribution in [2.75, 3.05) is 19.7 Å². The molecule has 104 valence electrons. The second-order valence-corrected chi connectivity index (χ2v) is 5.88. The third-order valence-corrected chi connectivity index (χ3v) is 4.63. The van der Waals surface area contributed by atoms with E-state index in [-0.39, 0.29) is 6.10 Å². The van der Waals surface area contributed by atoms with Crippen LogP contribution in [0, 0.1) is 11.6 Å². The minimum absolute atomic E-state index is 0.0423. The van der Waals surface area contributed by atoms with Gasteiger partial charge < -0.3 is 9.72 Å². The molecule has 0 spiro atoms. The van der Waals surface area contributed by atoms with E-state index in [2.05, 4.69) is 28.7 Å². The summed E-state index contributed by atoms with van der Waals surface area (Å²) in [4.78, 5) is 10.5. The smallest absolute Gasteiger partial charge is 0.138 e. The fraction of sp³-hybridized carbons (Fsp3) is 0.714. The maximum absolute atomic E-state index is 5.98. The second kappa shape index (κ2) is 5.31. The fourth-order valence-corrected chi connectivity index (χ4v) is 3.58. The van der Waals surface area contributed by atoms with E-state index in [1.165, 1.54) is 19.4 Å². The number of hydrogen-bond acceptors (Lipinski definition) is 4. The Bertz CT molecular complexity index is 528. The predicted molar refractivity (Wildman–Crippen MR) is 76.8 cm³/mol. The van der Waals surface area contributed by atoms with Crippen molar-refractivity contribution in [3.8, 4) is 0 Å². The first-order valence-corrected chi connectivity index (χ1v) is 7.55. The van der Waals surface area contributed by atoms with Gasteiger partial charge >= 0.3 is 0 Å². The minimum Gasteiger partial charge on any atom is -0.367 e. The zero-order valence-corrected chi connectivity index (χ0v) is 12.4. The molecule has 1 aromatic rings. The number of morpholine rings is 1. The molecule has 1 aromatic heterocycles. The van der Waals surface area contributed by atoms with Crippen LogP contribution in [0.25, 0.3) is 0 Å². The van der Waals surface area contributed by atoms with Crippen molar-refractivity contribution >= 4 is 12.2 Å². The predicted octanol–water partition coefficient (Wildman–Crippen LogP) is 2.55. The Kier molecular flexibility index (Phi) is 3.69. The number of ether oxygens (including phenoxy) is 1. The van der Waals surface area contributed by atoms with Crippen molar-refractivity contribution < 1.29 is 4.74 Å². The number of hydrogen-bond donors (Lipinski definition) is 1. The number of nitrogens with one attached hydrogen (secondary N) is 1. The Hall–Kier alpha value is -0.780. The molecule has 2 fully saturated rings. The zero-order chi connectivity index (χ0) is 13.4. The van der Waals surface area contributed by atoms with Gasteiger partial charge in [0.1, 0.15) is 16.6 Å². The lowest BCUT2D eigenvalue weighted by molar-refractivity contribution is -0.0542. The Morgan fingerprint density at radius 1 is 1.53 bits per heavy atom. The number of aryl methyl sites for hydroxylation is 1. The van der Waals surface area contributed by atoms with Crippen LogP contribution < -0.4 is 0 Å². The molecule has 0 radical (unpaired) electrons. The van der Waals surface area contributed by atoms with Crippen LogP contribution in [-0.4, -0.2) is 40.6 Å². The SMILES string of the molecule is CCc1c(C)[nH]c(C2CN3CCCC3CO2)nc1=S. The van der Waals surface area contributed by atoms with Crippen LogP contribution in [0.15, 0.2) is 0 Å². The van der Waals surface area contributed by atoms with E-state index in [0.29, 0.717) is 6.04 Å². The van der Waals surface area contributed by atoms with Crippen molar-refractivity contribution in [2.45, 2.75) is 45.3 Å². The van der Waals surface area contributed by atoms with E-state index in [1.54, 1.807) is 0 Å². The van der Waals surface area contributed by atoms with Gasteiger partial charge in [-0.05, 0) is 32.7 Å². The van der Waals surface area contributed by atoms with Gasteiger partial charge in [-0.15, -0.1) is 0 Å². The third kappa shape index (κ3) is 2.47. The normalized spacial score (nSPS) is 27.5. The summed E-state index contributed by atoms with van der Waals surface area (Å²) in [5.74, 6) is 0.894. The van der Waals surface area contributed by atoms with Gasteiger partial charge in [0.05, 0.1) is 6.61 Å². The fourth-order valence-electron chi connectivity index (χ4n) is 3.18. The van der Waals surface area contributed by atoms with Crippen LogP contribution in [0.5, 0.6) is 0 Å². The Labute approximate surface area is 119 Å². The number of aromatic amines is 1. The highest BCUT2D eigenvalue weighted by molar-refractivity contribution is 7.71. The number of nitrogens with zero attached hydrogens (tertiary/aromatic N) is 2. The molecule has 2 unspecified atom stereocenters. The Morgan fingerprint density at radius 2 is 2.37 bits per heavy atom. The summed E-state index contributed by atoms with van der Waals surface area (Å²) in [6.07, 6.45) is 3.52. The van der Waals surface area contributed by atoms with Gasteiger partial charge in [-0.1, -0.05) is 19.1 Å². The van der Waals surface area contributed by atoms with Gasteiger partial charge in [-0.2, -0.15) is 0 Å². The topological polar surface area (TPSA) is 41.2 Å². The molecule has 5 heteroatoms. The van der Waals surface area contributed by atoms with Gasteiger partial charge in [0, 0.05) is 23.8 Å². The summed E-state index contributed by atoms with van der Waals surface area (Å²) in [5.41, 5.74) is 2.28. The van der Waals surface area contributed by atoms with E-state index < -0.39 is 0 Å². The summed E-state index contributed by atoms with van der Waals surface area (Å²) >= 11 is 5.39.